The number of nitrogens with zero attached hydrogens (tertiary/aromatic N) is 2. The number of ether oxygens (including phenoxy) is 3. The Bertz CT molecular complexity index is 947. The van der Waals surface area contributed by atoms with Gasteiger partial charge in [-0.05, 0) is 36.8 Å². The number of non-ortho nitro benzene ring substituents is 1. The normalized spacial score (nSPS) is 14.7. The summed E-state index contributed by atoms with van der Waals surface area (Å²) in [5.41, 5.74) is 0.896. The van der Waals surface area contributed by atoms with Crippen molar-refractivity contribution in [2.45, 2.75) is 6.92 Å². The van der Waals surface area contributed by atoms with Crippen LogP contribution in [0.25, 0.3) is 6.08 Å². The first-order valence-electron chi connectivity index (χ1n) is 8.10. The van der Waals surface area contributed by atoms with Gasteiger partial charge in [0.05, 0.1) is 24.2 Å². The number of nitro groups is 1. The molecule has 0 bridgehead atoms. The predicted molar refractivity (Wildman–Crippen MR) is 97.9 cm³/mol. The van der Waals surface area contributed by atoms with Crippen molar-refractivity contribution < 1.29 is 23.9 Å². The van der Waals surface area contributed by atoms with Crippen LogP contribution in [-0.2, 0) is 9.53 Å². The molecule has 0 saturated carbocycles. The van der Waals surface area contributed by atoms with Gasteiger partial charge in [-0.15, -0.1) is 0 Å². The highest BCUT2D eigenvalue weighted by atomic mass is 16.6. The SMILES string of the molecule is CCOc1ccc(C=C2N=C(c3cc([N+](=O)[O-])ccc3OC)OC2=O)cc1. The van der Waals surface area contributed by atoms with Gasteiger partial charge >= 0.3 is 5.97 Å². The third kappa shape index (κ3) is 3.95. The summed E-state index contributed by atoms with van der Waals surface area (Å²) >= 11 is 0. The Kier molecular flexibility index (Phi) is 5.16. The molecule has 0 fully saturated rings. The fourth-order valence-electron chi connectivity index (χ4n) is 2.49. The van der Waals surface area contributed by atoms with Gasteiger partial charge in [-0.2, -0.15) is 0 Å². The van der Waals surface area contributed by atoms with Crippen LogP contribution in [-0.4, -0.2) is 30.5 Å². The maximum Gasteiger partial charge on any atom is 0.363 e. The molecule has 138 valence electrons. The maximum atomic E-state index is 12.1. The summed E-state index contributed by atoms with van der Waals surface area (Å²) in [5, 5.41) is 11.0. The molecule has 0 spiro atoms. The van der Waals surface area contributed by atoms with Crippen LogP contribution in [0.1, 0.15) is 18.1 Å². The van der Waals surface area contributed by atoms with E-state index in [0.717, 1.165) is 11.3 Å². The number of methoxy groups -OCH3 is 1. The van der Waals surface area contributed by atoms with Crippen LogP contribution < -0.4 is 9.47 Å². The third-order valence-electron chi connectivity index (χ3n) is 3.74. The van der Waals surface area contributed by atoms with Crippen molar-refractivity contribution >= 4 is 23.6 Å². The van der Waals surface area contributed by atoms with Crippen molar-refractivity contribution in [3.63, 3.8) is 0 Å². The highest BCUT2D eigenvalue weighted by Crippen LogP contribution is 2.28. The zero-order valence-corrected chi connectivity index (χ0v) is 14.7. The fourth-order valence-corrected chi connectivity index (χ4v) is 2.49. The van der Waals surface area contributed by atoms with Crippen molar-refractivity contribution in [3.05, 3.63) is 69.4 Å². The first kappa shape index (κ1) is 18.1. The molecule has 2 aromatic rings. The van der Waals surface area contributed by atoms with Gasteiger partial charge < -0.3 is 14.2 Å². The van der Waals surface area contributed by atoms with Gasteiger partial charge in [0.15, 0.2) is 5.70 Å². The van der Waals surface area contributed by atoms with Crippen LogP contribution >= 0.6 is 0 Å². The number of esters is 1. The van der Waals surface area contributed by atoms with E-state index in [9.17, 15) is 14.9 Å². The number of aliphatic imine (C=N–C) groups is 1. The van der Waals surface area contributed by atoms with E-state index in [1.165, 1.54) is 25.3 Å². The molecular weight excluding hydrogens is 352 g/mol. The summed E-state index contributed by atoms with van der Waals surface area (Å²) in [5.74, 6) is 0.346. The van der Waals surface area contributed by atoms with Crippen molar-refractivity contribution in [3.8, 4) is 11.5 Å². The Balaban J connectivity index is 1.94. The molecule has 8 heteroatoms. The van der Waals surface area contributed by atoms with Gasteiger partial charge in [-0.25, -0.2) is 9.79 Å². The zero-order valence-electron chi connectivity index (χ0n) is 14.7. The summed E-state index contributed by atoms with van der Waals surface area (Å²) in [6.45, 7) is 2.45. The van der Waals surface area contributed by atoms with Crippen molar-refractivity contribution in [2.24, 2.45) is 4.99 Å². The van der Waals surface area contributed by atoms with Crippen LogP contribution in [0.2, 0.25) is 0 Å². The van der Waals surface area contributed by atoms with Crippen molar-refractivity contribution in [1.29, 1.82) is 0 Å². The first-order chi connectivity index (χ1) is 13.0. The third-order valence-corrected chi connectivity index (χ3v) is 3.74. The summed E-state index contributed by atoms with van der Waals surface area (Å²) in [7, 11) is 1.42. The van der Waals surface area contributed by atoms with Crippen LogP contribution in [0, 0.1) is 10.1 Å². The molecule has 3 rings (SSSR count). The molecule has 0 N–H and O–H groups in total. The Morgan fingerprint density at radius 2 is 1.96 bits per heavy atom. The fraction of sp³-hybridized carbons (Fsp3) is 0.158. The minimum absolute atomic E-state index is 0.0438. The molecule has 0 aliphatic carbocycles. The lowest BCUT2D eigenvalue weighted by Crippen LogP contribution is -2.07. The zero-order chi connectivity index (χ0) is 19.4. The second-order valence-corrected chi connectivity index (χ2v) is 5.48. The van der Waals surface area contributed by atoms with Gasteiger partial charge in [0.1, 0.15) is 11.5 Å². The van der Waals surface area contributed by atoms with Crippen LogP contribution in [0.4, 0.5) is 5.69 Å². The number of carbonyl (C=O) groups excluding carboxylic acids is 1. The molecule has 0 unspecified atom stereocenters. The number of benzene rings is 2. The van der Waals surface area contributed by atoms with Gasteiger partial charge in [0, 0.05) is 12.1 Å². The Hall–Kier alpha value is -3.68. The number of hydrogen-bond acceptors (Lipinski definition) is 7. The van der Waals surface area contributed by atoms with E-state index >= 15 is 0 Å². The maximum absolute atomic E-state index is 12.1. The molecule has 1 heterocycles. The Labute approximate surface area is 154 Å². The molecule has 0 atom stereocenters. The number of rotatable bonds is 6. The van der Waals surface area contributed by atoms with Crippen molar-refractivity contribution in [1.82, 2.24) is 0 Å². The number of carbonyl (C=O) groups is 1. The molecule has 0 amide bonds. The minimum atomic E-state index is -0.646. The molecule has 8 nitrogen and oxygen atoms in total. The Morgan fingerprint density at radius 1 is 1.22 bits per heavy atom. The quantitative estimate of drug-likeness (QED) is 0.335. The second-order valence-electron chi connectivity index (χ2n) is 5.48. The van der Waals surface area contributed by atoms with Crippen LogP contribution in [0.5, 0.6) is 11.5 Å². The smallest absolute Gasteiger partial charge is 0.363 e. The van der Waals surface area contributed by atoms with Gasteiger partial charge in [-0.1, -0.05) is 12.1 Å². The van der Waals surface area contributed by atoms with Crippen LogP contribution in [0.15, 0.2) is 53.2 Å². The van der Waals surface area contributed by atoms with E-state index in [4.69, 9.17) is 14.2 Å². The van der Waals surface area contributed by atoms with E-state index in [1.54, 1.807) is 30.3 Å². The summed E-state index contributed by atoms with van der Waals surface area (Å²) in [6, 6.07) is 11.1. The molecule has 1 aliphatic rings. The minimum Gasteiger partial charge on any atom is -0.496 e. The second kappa shape index (κ2) is 7.69. The Morgan fingerprint density at radius 3 is 2.59 bits per heavy atom. The molecule has 0 radical (unpaired) electrons. The lowest BCUT2D eigenvalue weighted by Gasteiger charge is -2.06. The molecule has 0 aromatic heterocycles. The van der Waals surface area contributed by atoms with Gasteiger partial charge in [0.25, 0.3) is 5.69 Å². The summed E-state index contributed by atoms with van der Waals surface area (Å²) in [4.78, 5) is 26.8. The molecule has 0 saturated heterocycles. The highest BCUT2D eigenvalue weighted by Gasteiger charge is 2.27. The molecular formula is C19H16N2O6. The highest BCUT2D eigenvalue weighted by molar-refractivity contribution is 6.14. The number of cyclic esters (lactones) is 1. The first-order valence-corrected chi connectivity index (χ1v) is 8.10. The monoisotopic (exact) mass is 368 g/mol. The largest absolute Gasteiger partial charge is 0.496 e. The topological polar surface area (TPSA) is 100 Å². The van der Waals surface area contributed by atoms with E-state index < -0.39 is 10.9 Å². The molecule has 27 heavy (non-hydrogen) atoms. The van der Waals surface area contributed by atoms with E-state index in [-0.39, 0.29) is 22.8 Å². The standard InChI is InChI=1S/C19H16N2O6/c1-3-26-14-7-4-12(5-8-14)10-16-19(22)27-18(20-16)15-11-13(21(23)24)6-9-17(15)25-2/h4-11H,3H2,1-2H3. The summed E-state index contributed by atoms with van der Waals surface area (Å²) < 4.78 is 15.8. The van der Waals surface area contributed by atoms with Crippen molar-refractivity contribution in [2.75, 3.05) is 13.7 Å². The van der Waals surface area contributed by atoms with E-state index in [2.05, 4.69) is 4.99 Å². The van der Waals surface area contributed by atoms with Crippen LogP contribution in [0.3, 0.4) is 0 Å². The van der Waals surface area contributed by atoms with E-state index in [0.29, 0.717) is 12.4 Å². The lowest BCUT2D eigenvalue weighted by molar-refractivity contribution is -0.384. The van der Waals surface area contributed by atoms with Gasteiger partial charge in [-0.3, -0.25) is 10.1 Å². The average molecular weight is 368 g/mol. The number of hydrogen-bond donors (Lipinski definition) is 0. The molecule has 2 aromatic carbocycles. The van der Waals surface area contributed by atoms with Gasteiger partial charge in [0.2, 0.25) is 5.90 Å². The molecule has 1 aliphatic heterocycles. The van der Waals surface area contributed by atoms with E-state index in [1.807, 2.05) is 6.92 Å². The lowest BCUT2D eigenvalue weighted by atomic mass is 10.1. The average Bonchev–Trinajstić information content (AvgIpc) is 3.03. The summed E-state index contributed by atoms with van der Waals surface area (Å²) in [6.07, 6.45) is 1.56. The predicted octanol–water partition coefficient (Wildman–Crippen LogP) is 3.35. The number of nitro benzene ring substituents is 1.